The summed E-state index contributed by atoms with van der Waals surface area (Å²) < 4.78 is 39.3. The highest BCUT2D eigenvalue weighted by Crippen LogP contribution is 2.23. The van der Waals surface area contributed by atoms with Gasteiger partial charge in [-0.2, -0.15) is 0 Å². The molecule has 0 aliphatic carbocycles. The fourth-order valence-electron chi connectivity index (χ4n) is 2.08. The maximum absolute atomic E-state index is 13.4. The first-order valence-corrected chi connectivity index (χ1v) is 8.35. The minimum absolute atomic E-state index is 0.0323. The fourth-order valence-corrected chi connectivity index (χ4v) is 3.16. The van der Waals surface area contributed by atoms with Gasteiger partial charge in [0.1, 0.15) is 5.82 Å². The van der Waals surface area contributed by atoms with E-state index in [4.69, 9.17) is 0 Å². The van der Waals surface area contributed by atoms with Crippen molar-refractivity contribution in [3.63, 3.8) is 0 Å². The molecule has 3 nitrogen and oxygen atoms in total. The Morgan fingerprint density at radius 1 is 1.10 bits per heavy atom. The molecule has 2 aromatic carbocycles. The number of halogens is 1. The fraction of sp³-hybridized carbons (Fsp3) is 0.250. The van der Waals surface area contributed by atoms with Crippen LogP contribution in [-0.4, -0.2) is 14.2 Å². The molecule has 0 bridgehead atoms. The maximum atomic E-state index is 13.4. The van der Waals surface area contributed by atoms with Crippen molar-refractivity contribution in [2.75, 3.05) is 10.1 Å². The van der Waals surface area contributed by atoms with Crippen LogP contribution >= 0.6 is 0 Å². The van der Waals surface area contributed by atoms with Gasteiger partial charge in [0, 0.05) is 0 Å². The third kappa shape index (κ3) is 3.61. The number of benzene rings is 2. The van der Waals surface area contributed by atoms with Crippen LogP contribution in [0.3, 0.4) is 0 Å². The minimum atomic E-state index is -3.48. The second-order valence-electron chi connectivity index (χ2n) is 4.81. The number of sulfonamides is 1. The Balaban J connectivity index is 2.45. The van der Waals surface area contributed by atoms with Crippen molar-refractivity contribution in [2.45, 2.75) is 20.4 Å². The van der Waals surface area contributed by atoms with Crippen LogP contribution in [0.4, 0.5) is 10.1 Å². The average Bonchev–Trinajstić information content (AvgIpc) is 2.46. The predicted molar refractivity (Wildman–Crippen MR) is 83.2 cm³/mol. The maximum Gasteiger partial charge on any atom is 0.235 e. The van der Waals surface area contributed by atoms with Crippen molar-refractivity contribution >= 4 is 15.7 Å². The highest BCUT2D eigenvalue weighted by molar-refractivity contribution is 7.92. The summed E-state index contributed by atoms with van der Waals surface area (Å²) >= 11 is 0. The molecule has 2 rings (SSSR count). The largest absolute Gasteiger partial charge is 0.266 e. The van der Waals surface area contributed by atoms with Gasteiger partial charge in [-0.1, -0.05) is 30.3 Å². The highest BCUT2D eigenvalue weighted by Gasteiger charge is 2.21. The summed E-state index contributed by atoms with van der Waals surface area (Å²) in [5.74, 6) is -0.483. The lowest BCUT2D eigenvalue weighted by Crippen LogP contribution is -2.32. The Morgan fingerprint density at radius 3 is 2.43 bits per heavy atom. The molecule has 0 heterocycles. The summed E-state index contributed by atoms with van der Waals surface area (Å²) in [7, 11) is -3.48. The van der Waals surface area contributed by atoms with Gasteiger partial charge in [0.25, 0.3) is 0 Å². The topological polar surface area (TPSA) is 37.4 Å². The van der Waals surface area contributed by atoms with Crippen molar-refractivity contribution in [1.29, 1.82) is 0 Å². The molecule has 0 aliphatic rings. The summed E-state index contributed by atoms with van der Waals surface area (Å²) in [4.78, 5) is 0. The molecular weight excluding hydrogens is 289 g/mol. The van der Waals surface area contributed by atoms with Crippen molar-refractivity contribution in [1.82, 2.24) is 0 Å². The van der Waals surface area contributed by atoms with E-state index in [9.17, 15) is 12.8 Å². The van der Waals surface area contributed by atoms with Crippen LogP contribution in [0.25, 0.3) is 0 Å². The minimum Gasteiger partial charge on any atom is -0.266 e. The number of rotatable bonds is 5. The number of hydrogen-bond donors (Lipinski definition) is 0. The third-order valence-electron chi connectivity index (χ3n) is 3.37. The molecular formula is C16H18FNO2S. The average molecular weight is 307 g/mol. The van der Waals surface area contributed by atoms with Crippen LogP contribution < -0.4 is 4.31 Å². The van der Waals surface area contributed by atoms with E-state index in [0.29, 0.717) is 5.69 Å². The van der Waals surface area contributed by atoms with Gasteiger partial charge in [0.15, 0.2) is 0 Å². The van der Waals surface area contributed by atoms with Gasteiger partial charge in [-0.15, -0.1) is 0 Å². The zero-order valence-electron chi connectivity index (χ0n) is 12.1. The summed E-state index contributed by atoms with van der Waals surface area (Å²) in [6.07, 6.45) is 0. The molecule has 21 heavy (non-hydrogen) atoms. The van der Waals surface area contributed by atoms with Gasteiger partial charge in [0.2, 0.25) is 10.0 Å². The molecule has 0 saturated heterocycles. The van der Waals surface area contributed by atoms with Gasteiger partial charge in [0.05, 0.1) is 18.0 Å². The molecule has 0 aliphatic heterocycles. The molecule has 0 spiro atoms. The van der Waals surface area contributed by atoms with Crippen molar-refractivity contribution in [2.24, 2.45) is 0 Å². The van der Waals surface area contributed by atoms with Crippen molar-refractivity contribution in [3.8, 4) is 0 Å². The SMILES string of the molecule is CCS(=O)(=O)N(Cc1ccccc1C)c1cccc(F)c1. The van der Waals surface area contributed by atoms with Gasteiger partial charge in [-0.25, -0.2) is 12.8 Å². The molecule has 0 unspecified atom stereocenters. The molecule has 2 aromatic rings. The lowest BCUT2D eigenvalue weighted by molar-refractivity contribution is 0.591. The zero-order chi connectivity index (χ0) is 15.5. The molecule has 5 heteroatoms. The first kappa shape index (κ1) is 15.5. The van der Waals surface area contributed by atoms with Crippen LogP contribution in [0, 0.1) is 12.7 Å². The van der Waals surface area contributed by atoms with E-state index in [2.05, 4.69) is 0 Å². The van der Waals surface area contributed by atoms with Crippen LogP contribution in [0.2, 0.25) is 0 Å². The second kappa shape index (κ2) is 6.26. The first-order valence-electron chi connectivity index (χ1n) is 6.74. The van der Waals surface area contributed by atoms with E-state index in [1.807, 2.05) is 31.2 Å². The predicted octanol–water partition coefficient (Wildman–Crippen LogP) is 3.49. The molecule has 0 saturated carbocycles. The molecule has 0 fully saturated rings. The number of nitrogens with zero attached hydrogens (tertiary/aromatic N) is 1. The zero-order valence-corrected chi connectivity index (χ0v) is 12.9. The van der Waals surface area contributed by atoms with Crippen LogP contribution in [0.15, 0.2) is 48.5 Å². The Bertz CT molecular complexity index is 729. The lowest BCUT2D eigenvalue weighted by atomic mass is 10.1. The molecule has 0 radical (unpaired) electrons. The Labute approximate surface area is 125 Å². The first-order chi connectivity index (χ1) is 9.94. The van der Waals surface area contributed by atoms with E-state index in [0.717, 1.165) is 11.1 Å². The van der Waals surface area contributed by atoms with Gasteiger partial charge in [-0.05, 0) is 43.2 Å². The number of hydrogen-bond acceptors (Lipinski definition) is 2. The molecule has 112 valence electrons. The quantitative estimate of drug-likeness (QED) is 0.848. The Kier molecular flexibility index (Phi) is 4.63. The molecule has 0 amide bonds. The summed E-state index contributed by atoms with van der Waals surface area (Å²) in [5.41, 5.74) is 2.25. The summed E-state index contributed by atoms with van der Waals surface area (Å²) in [5, 5.41) is 0. The summed E-state index contributed by atoms with van der Waals surface area (Å²) in [6.45, 7) is 3.71. The van der Waals surface area contributed by atoms with E-state index < -0.39 is 15.8 Å². The lowest BCUT2D eigenvalue weighted by Gasteiger charge is -2.24. The highest BCUT2D eigenvalue weighted by atomic mass is 32.2. The van der Waals surface area contributed by atoms with Crippen LogP contribution in [0.5, 0.6) is 0 Å². The van der Waals surface area contributed by atoms with Gasteiger partial charge < -0.3 is 0 Å². The van der Waals surface area contributed by atoms with Gasteiger partial charge >= 0.3 is 0 Å². The number of anilines is 1. The van der Waals surface area contributed by atoms with Crippen LogP contribution in [0.1, 0.15) is 18.1 Å². The monoisotopic (exact) mass is 307 g/mol. The van der Waals surface area contributed by atoms with Crippen molar-refractivity contribution < 1.29 is 12.8 Å². The Morgan fingerprint density at radius 2 is 1.81 bits per heavy atom. The van der Waals surface area contributed by atoms with E-state index in [-0.39, 0.29) is 12.3 Å². The molecule has 0 aromatic heterocycles. The second-order valence-corrected chi connectivity index (χ2v) is 7.00. The Hall–Kier alpha value is -1.88. The van der Waals surface area contributed by atoms with E-state index in [1.165, 1.54) is 22.5 Å². The standard InChI is InChI=1S/C16H18FNO2S/c1-3-21(19,20)18(16-10-6-9-15(17)11-16)12-14-8-5-4-7-13(14)2/h4-11H,3,12H2,1-2H3. The normalized spacial score (nSPS) is 11.4. The third-order valence-corrected chi connectivity index (χ3v) is 5.11. The number of aryl methyl sites for hydroxylation is 1. The molecule has 0 atom stereocenters. The van der Waals surface area contributed by atoms with E-state index in [1.54, 1.807) is 13.0 Å². The molecule has 0 N–H and O–H groups in total. The summed E-state index contributed by atoms with van der Waals surface area (Å²) in [6, 6.07) is 13.2. The van der Waals surface area contributed by atoms with Gasteiger partial charge in [-0.3, -0.25) is 4.31 Å². The van der Waals surface area contributed by atoms with E-state index >= 15 is 0 Å². The van der Waals surface area contributed by atoms with Crippen molar-refractivity contribution in [3.05, 3.63) is 65.5 Å². The smallest absolute Gasteiger partial charge is 0.235 e. The van der Waals surface area contributed by atoms with Crippen LogP contribution in [-0.2, 0) is 16.6 Å².